The summed E-state index contributed by atoms with van der Waals surface area (Å²) >= 11 is 0. The number of nitro groups is 1. The third-order valence-corrected chi connectivity index (χ3v) is 3.43. The molecule has 1 aromatic carbocycles. The molecule has 5 heteroatoms. The van der Waals surface area contributed by atoms with E-state index in [9.17, 15) is 20.0 Å². The Balaban J connectivity index is 2.15. The van der Waals surface area contributed by atoms with Crippen molar-refractivity contribution in [3.05, 3.63) is 39.9 Å². The lowest BCUT2D eigenvalue weighted by Gasteiger charge is -2.25. The predicted octanol–water partition coefficient (Wildman–Crippen LogP) is 2.39. The van der Waals surface area contributed by atoms with Crippen LogP contribution in [-0.4, -0.2) is 15.8 Å². The third-order valence-electron chi connectivity index (χ3n) is 3.43. The Morgan fingerprint density at radius 3 is 2.50 bits per heavy atom. The van der Waals surface area contributed by atoms with E-state index in [0.29, 0.717) is 18.4 Å². The SMILES string of the molecule is O=C1CCCCC1[C@H](O)c1ccc([N+](=O)[O-])cc1. The van der Waals surface area contributed by atoms with Crippen LogP contribution in [0.3, 0.4) is 0 Å². The van der Waals surface area contributed by atoms with Gasteiger partial charge in [-0.15, -0.1) is 0 Å². The average Bonchev–Trinajstić information content (AvgIpc) is 2.38. The molecule has 0 radical (unpaired) electrons. The molecule has 2 atom stereocenters. The fourth-order valence-corrected chi connectivity index (χ4v) is 2.37. The van der Waals surface area contributed by atoms with E-state index < -0.39 is 11.0 Å². The van der Waals surface area contributed by atoms with E-state index in [1.54, 1.807) is 0 Å². The van der Waals surface area contributed by atoms with Crippen molar-refractivity contribution >= 4 is 11.5 Å². The highest BCUT2D eigenvalue weighted by Gasteiger charge is 2.30. The van der Waals surface area contributed by atoms with E-state index >= 15 is 0 Å². The highest BCUT2D eigenvalue weighted by Crippen LogP contribution is 2.32. The highest BCUT2D eigenvalue weighted by molar-refractivity contribution is 5.82. The molecule has 1 saturated carbocycles. The van der Waals surface area contributed by atoms with Gasteiger partial charge in [0, 0.05) is 24.5 Å². The number of Topliss-reactive ketones (excluding diaryl/α,β-unsaturated/α-hetero) is 1. The Hall–Kier alpha value is -1.75. The summed E-state index contributed by atoms with van der Waals surface area (Å²) in [5, 5.41) is 20.7. The molecule has 0 amide bonds. The highest BCUT2D eigenvalue weighted by atomic mass is 16.6. The number of ketones is 1. The van der Waals surface area contributed by atoms with Crippen LogP contribution in [0.25, 0.3) is 0 Å². The van der Waals surface area contributed by atoms with Crippen molar-refractivity contribution in [3.63, 3.8) is 0 Å². The molecule has 96 valence electrons. The zero-order valence-electron chi connectivity index (χ0n) is 9.91. The Morgan fingerprint density at radius 1 is 1.28 bits per heavy atom. The van der Waals surface area contributed by atoms with Gasteiger partial charge in [0.2, 0.25) is 0 Å². The van der Waals surface area contributed by atoms with Crippen molar-refractivity contribution in [2.75, 3.05) is 0 Å². The van der Waals surface area contributed by atoms with Gasteiger partial charge in [0.15, 0.2) is 0 Å². The first-order chi connectivity index (χ1) is 8.59. The van der Waals surface area contributed by atoms with E-state index in [2.05, 4.69) is 0 Å². The smallest absolute Gasteiger partial charge is 0.269 e. The second-order valence-electron chi connectivity index (χ2n) is 4.61. The van der Waals surface area contributed by atoms with Crippen LogP contribution in [0, 0.1) is 16.0 Å². The maximum atomic E-state index is 11.7. The minimum absolute atomic E-state index is 0.0130. The molecule has 5 nitrogen and oxygen atoms in total. The summed E-state index contributed by atoms with van der Waals surface area (Å²) in [6.07, 6.45) is 2.20. The van der Waals surface area contributed by atoms with Crippen molar-refractivity contribution in [1.82, 2.24) is 0 Å². The molecule has 1 fully saturated rings. The first kappa shape index (κ1) is 12.7. The Labute approximate surface area is 105 Å². The zero-order chi connectivity index (χ0) is 13.1. The van der Waals surface area contributed by atoms with Gasteiger partial charge in [0.25, 0.3) is 5.69 Å². The lowest BCUT2D eigenvalue weighted by atomic mass is 9.82. The second kappa shape index (κ2) is 5.27. The summed E-state index contributed by atoms with van der Waals surface area (Å²) in [6.45, 7) is 0. The van der Waals surface area contributed by atoms with Crippen molar-refractivity contribution < 1.29 is 14.8 Å². The molecule has 0 heterocycles. The molecular weight excluding hydrogens is 234 g/mol. The minimum Gasteiger partial charge on any atom is -0.388 e. The van der Waals surface area contributed by atoms with Gasteiger partial charge in [-0.3, -0.25) is 14.9 Å². The molecule has 1 aliphatic rings. The quantitative estimate of drug-likeness (QED) is 0.658. The number of nitrogens with zero attached hydrogens (tertiary/aromatic N) is 1. The van der Waals surface area contributed by atoms with E-state index in [0.717, 1.165) is 12.8 Å². The minimum atomic E-state index is -0.849. The van der Waals surface area contributed by atoms with Crippen LogP contribution in [0.2, 0.25) is 0 Å². The van der Waals surface area contributed by atoms with Gasteiger partial charge in [-0.2, -0.15) is 0 Å². The summed E-state index contributed by atoms with van der Waals surface area (Å²) < 4.78 is 0. The number of aliphatic hydroxyl groups is 1. The molecule has 0 saturated heterocycles. The van der Waals surface area contributed by atoms with Crippen LogP contribution in [0.15, 0.2) is 24.3 Å². The lowest BCUT2D eigenvalue weighted by Crippen LogP contribution is -2.25. The number of rotatable bonds is 3. The molecule has 1 aromatic rings. The third kappa shape index (κ3) is 2.56. The van der Waals surface area contributed by atoms with Crippen molar-refractivity contribution in [2.24, 2.45) is 5.92 Å². The normalized spacial score (nSPS) is 21.6. The molecule has 0 bridgehead atoms. The van der Waals surface area contributed by atoms with Gasteiger partial charge in [-0.25, -0.2) is 0 Å². The predicted molar refractivity (Wildman–Crippen MR) is 65.0 cm³/mol. The Bertz CT molecular complexity index is 455. The molecule has 0 spiro atoms. The van der Waals surface area contributed by atoms with Crippen molar-refractivity contribution in [2.45, 2.75) is 31.8 Å². The number of hydrogen-bond donors (Lipinski definition) is 1. The fourth-order valence-electron chi connectivity index (χ4n) is 2.37. The van der Waals surface area contributed by atoms with Crippen LogP contribution in [0.1, 0.15) is 37.4 Å². The molecule has 0 aromatic heterocycles. The number of carbonyl (C=O) groups excluding carboxylic acids is 1. The molecule has 1 aliphatic carbocycles. The van der Waals surface area contributed by atoms with E-state index in [-0.39, 0.29) is 17.4 Å². The molecule has 18 heavy (non-hydrogen) atoms. The maximum absolute atomic E-state index is 11.7. The molecule has 1 unspecified atom stereocenters. The van der Waals surface area contributed by atoms with Gasteiger partial charge < -0.3 is 5.11 Å². The van der Waals surface area contributed by atoms with Gasteiger partial charge in [0.1, 0.15) is 5.78 Å². The standard InChI is InChI=1S/C13H15NO4/c15-12-4-2-1-3-11(12)13(16)9-5-7-10(8-6-9)14(17)18/h5-8,11,13,16H,1-4H2/t11?,13-/m1/s1. The topological polar surface area (TPSA) is 80.4 Å². The summed E-state index contributed by atoms with van der Waals surface area (Å²) in [5.74, 6) is -0.271. The Kier molecular flexibility index (Phi) is 3.72. The van der Waals surface area contributed by atoms with Crippen LogP contribution in [-0.2, 0) is 4.79 Å². The van der Waals surface area contributed by atoms with E-state index in [4.69, 9.17) is 0 Å². The maximum Gasteiger partial charge on any atom is 0.269 e. The van der Waals surface area contributed by atoms with Gasteiger partial charge in [0.05, 0.1) is 11.0 Å². The van der Waals surface area contributed by atoms with Crippen LogP contribution >= 0.6 is 0 Å². The molecular formula is C13H15NO4. The van der Waals surface area contributed by atoms with Crippen LogP contribution in [0.4, 0.5) is 5.69 Å². The molecule has 1 N–H and O–H groups in total. The monoisotopic (exact) mass is 249 g/mol. The number of benzene rings is 1. The number of carbonyl (C=O) groups is 1. The summed E-state index contributed by atoms with van der Waals surface area (Å²) in [7, 11) is 0. The zero-order valence-corrected chi connectivity index (χ0v) is 9.91. The van der Waals surface area contributed by atoms with Gasteiger partial charge in [-0.05, 0) is 30.5 Å². The van der Waals surface area contributed by atoms with Crippen LogP contribution in [0.5, 0.6) is 0 Å². The van der Waals surface area contributed by atoms with E-state index in [1.165, 1.54) is 24.3 Å². The van der Waals surface area contributed by atoms with Crippen molar-refractivity contribution in [3.8, 4) is 0 Å². The number of nitro benzene ring substituents is 1. The number of aliphatic hydroxyl groups excluding tert-OH is 1. The molecule has 0 aliphatic heterocycles. The first-order valence-corrected chi connectivity index (χ1v) is 6.04. The number of non-ortho nitro benzene ring substituents is 1. The Morgan fingerprint density at radius 2 is 1.94 bits per heavy atom. The largest absolute Gasteiger partial charge is 0.388 e. The molecule has 2 rings (SSSR count). The summed E-state index contributed by atoms with van der Waals surface area (Å²) in [4.78, 5) is 21.8. The summed E-state index contributed by atoms with van der Waals surface area (Å²) in [6, 6.07) is 5.74. The van der Waals surface area contributed by atoms with E-state index in [1.807, 2.05) is 0 Å². The summed E-state index contributed by atoms with van der Waals surface area (Å²) in [5.41, 5.74) is 0.557. The average molecular weight is 249 g/mol. The van der Waals surface area contributed by atoms with Gasteiger partial charge in [-0.1, -0.05) is 6.42 Å². The van der Waals surface area contributed by atoms with Gasteiger partial charge >= 0.3 is 0 Å². The fraction of sp³-hybridized carbons (Fsp3) is 0.462. The second-order valence-corrected chi connectivity index (χ2v) is 4.61. The van der Waals surface area contributed by atoms with Crippen LogP contribution < -0.4 is 0 Å². The first-order valence-electron chi connectivity index (χ1n) is 6.04. The lowest BCUT2D eigenvalue weighted by molar-refractivity contribution is -0.384. The number of hydrogen-bond acceptors (Lipinski definition) is 4. The van der Waals surface area contributed by atoms with Crippen molar-refractivity contribution in [1.29, 1.82) is 0 Å².